The van der Waals surface area contributed by atoms with Crippen molar-refractivity contribution in [2.45, 2.75) is 25.3 Å². The summed E-state index contributed by atoms with van der Waals surface area (Å²) in [6, 6.07) is 10.6. The molecule has 0 aliphatic carbocycles. The summed E-state index contributed by atoms with van der Waals surface area (Å²) in [5.74, 6) is 0.552. The minimum Gasteiger partial charge on any atom is -0.297 e. The van der Waals surface area contributed by atoms with Gasteiger partial charge in [-0.05, 0) is 43.0 Å². The molecule has 0 radical (unpaired) electrons. The number of piperidine rings is 1. The maximum absolute atomic E-state index is 4.90. The van der Waals surface area contributed by atoms with Crippen LogP contribution in [0.2, 0.25) is 0 Å². The van der Waals surface area contributed by atoms with E-state index in [-0.39, 0.29) is 0 Å². The van der Waals surface area contributed by atoms with Crippen molar-refractivity contribution in [2.75, 3.05) is 13.1 Å². The van der Waals surface area contributed by atoms with Gasteiger partial charge in [-0.25, -0.2) is 9.97 Å². The van der Waals surface area contributed by atoms with Crippen LogP contribution in [0.5, 0.6) is 0 Å². The Balaban J connectivity index is 1.30. The summed E-state index contributed by atoms with van der Waals surface area (Å²) >= 11 is 5.35. The van der Waals surface area contributed by atoms with E-state index in [9.17, 15) is 0 Å². The van der Waals surface area contributed by atoms with Gasteiger partial charge in [0.25, 0.3) is 0 Å². The van der Waals surface area contributed by atoms with Crippen LogP contribution in [-0.4, -0.2) is 28.0 Å². The smallest absolute Gasteiger partial charge is 0.124 e. The molecule has 4 heterocycles. The molecule has 0 spiro atoms. The van der Waals surface area contributed by atoms with Crippen LogP contribution < -0.4 is 0 Å². The highest BCUT2D eigenvalue weighted by molar-refractivity contribution is 7.18. The molecule has 0 unspecified atom stereocenters. The van der Waals surface area contributed by atoms with Crippen molar-refractivity contribution in [1.82, 2.24) is 14.9 Å². The van der Waals surface area contributed by atoms with Crippen molar-refractivity contribution in [1.29, 1.82) is 0 Å². The van der Waals surface area contributed by atoms with Crippen LogP contribution in [0.3, 0.4) is 0 Å². The predicted molar refractivity (Wildman–Crippen MR) is 112 cm³/mol. The molecule has 3 nitrogen and oxygen atoms in total. The molecule has 3 aromatic heterocycles. The zero-order valence-corrected chi connectivity index (χ0v) is 16.7. The fraction of sp³-hybridized carbons (Fsp3) is 0.300. The molecule has 4 aromatic rings. The fourth-order valence-electron chi connectivity index (χ4n) is 3.59. The molecule has 1 aliphatic rings. The number of hydrogen-bond acceptors (Lipinski definition) is 6. The van der Waals surface area contributed by atoms with Crippen molar-refractivity contribution >= 4 is 44.2 Å². The molecule has 5 rings (SSSR count). The van der Waals surface area contributed by atoms with Crippen molar-refractivity contribution in [3.05, 3.63) is 57.2 Å². The molecule has 1 aliphatic heterocycles. The molecule has 0 N–H and O–H groups in total. The Morgan fingerprint density at radius 3 is 2.96 bits per heavy atom. The average molecular weight is 398 g/mol. The van der Waals surface area contributed by atoms with Crippen LogP contribution in [0.1, 0.15) is 29.5 Å². The van der Waals surface area contributed by atoms with Crippen molar-refractivity contribution in [3.63, 3.8) is 0 Å². The number of benzene rings is 1. The Morgan fingerprint density at radius 1 is 1.12 bits per heavy atom. The van der Waals surface area contributed by atoms with E-state index in [2.05, 4.69) is 51.4 Å². The molecule has 0 amide bonds. The van der Waals surface area contributed by atoms with E-state index in [1.54, 1.807) is 22.7 Å². The van der Waals surface area contributed by atoms with E-state index in [0.29, 0.717) is 5.92 Å². The number of thiazole rings is 2. The molecule has 26 heavy (non-hydrogen) atoms. The van der Waals surface area contributed by atoms with E-state index >= 15 is 0 Å². The van der Waals surface area contributed by atoms with Gasteiger partial charge in [0.2, 0.25) is 0 Å². The summed E-state index contributed by atoms with van der Waals surface area (Å²) in [4.78, 5) is 12.3. The first-order chi connectivity index (χ1) is 12.8. The van der Waals surface area contributed by atoms with Crippen LogP contribution in [0.25, 0.3) is 20.8 Å². The normalized spacial score (nSPS) is 18.5. The summed E-state index contributed by atoms with van der Waals surface area (Å²) in [7, 11) is 0. The van der Waals surface area contributed by atoms with Gasteiger partial charge in [-0.2, -0.15) is 11.3 Å². The minimum atomic E-state index is 0.552. The molecule has 0 bridgehead atoms. The van der Waals surface area contributed by atoms with Gasteiger partial charge in [0.1, 0.15) is 5.01 Å². The number of likely N-dealkylation sites (tertiary alicyclic amines) is 1. The lowest BCUT2D eigenvalue weighted by Gasteiger charge is -2.31. The molecule has 1 atom stereocenters. The van der Waals surface area contributed by atoms with Gasteiger partial charge in [0.15, 0.2) is 0 Å². The number of aromatic nitrogens is 2. The highest BCUT2D eigenvalue weighted by Crippen LogP contribution is 2.33. The van der Waals surface area contributed by atoms with E-state index in [1.165, 1.54) is 33.8 Å². The van der Waals surface area contributed by atoms with Crippen LogP contribution in [0, 0.1) is 0 Å². The third-order valence-electron chi connectivity index (χ3n) is 4.87. The van der Waals surface area contributed by atoms with Gasteiger partial charge in [-0.15, -0.1) is 22.7 Å². The number of nitrogens with zero attached hydrogens (tertiary/aromatic N) is 3. The average Bonchev–Trinajstić information content (AvgIpc) is 3.41. The number of fused-ring (bicyclic) bond motifs is 1. The fourth-order valence-corrected chi connectivity index (χ4v) is 6.21. The van der Waals surface area contributed by atoms with Crippen molar-refractivity contribution in [3.8, 4) is 10.6 Å². The second-order valence-electron chi connectivity index (χ2n) is 6.75. The van der Waals surface area contributed by atoms with E-state index in [1.807, 2.05) is 11.3 Å². The molecule has 1 fully saturated rings. The molecular formula is C20H19N3S3. The lowest BCUT2D eigenvalue weighted by atomic mass is 9.98. The first-order valence-corrected chi connectivity index (χ1v) is 11.5. The predicted octanol–water partition coefficient (Wildman–Crippen LogP) is 5.86. The Labute approximate surface area is 165 Å². The zero-order chi connectivity index (χ0) is 17.3. The van der Waals surface area contributed by atoms with Gasteiger partial charge in [-0.3, -0.25) is 4.90 Å². The van der Waals surface area contributed by atoms with Crippen LogP contribution in [-0.2, 0) is 6.54 Å². The van der Waals surface area contributed by atoms with E-state index < -0.39 is 0 Å². The topological polar surface area (TPSA) is 29.0 Å². The van der Waals surface area contributed by atoms with E-state index in [4.69, 9.17) is 9.97 Å². The maximum Gasteiger partial charge on any atom is 0.124 e. The highest BCUT2D eigenvalue weighted by Gasteiger charge is 2.24. The Bertz CT molecular complexity index is 969. The quantitative estimate of drug-likeness (QED) is 0.432. The van der Waals surface area contributed by atoms with Gasteiger partial charge >= 0.3 is 0 Å². The standard InChI is InChI=1S/C20H19N3S3/c1-2-6-18-17(5-1)22-20(26-18)14-4-3-8-23(10-14)11-16-13-25-19(21-16)15-7-9-24-12-15/h1-2,5-7,9,12-14H,3-4,8,10-11H2/t14-/m0/s1. The monoisotopic (exact) mass is 397 g/mol. The van der Waals surface area contributed by atoms with Gasteiger partial charge in [-0.1, -0.05) is 12.1 Å². The third kappa shape index (κ3) is 3.34. The first kappa shape index (κ1) is 16.6. The second-order valence-corrected chi connectivity index (χ2v) is 9.45. The highest BCUT2D eigenvalue weighted by atomic mass is 32.1. The van der Waals surface area contributed by atoms with Crippen molar-refractivity contribution < 1.29 is 0 Å². The molecule has 6 heteroatoms. The van der Waals surface area contributed by atoms with Gasteiger partial charge in [0, 0.05) is 35.3 Å². The summed E-state index contributed by atoms with van der Waals surface area (Å²) in [6.45, 7) is 3.19. The molecule has 132 valence electrons. The lowest BCUT2D eigenvalue weighted by Crippen LogP contribution is -2.33. The number of thiophene rings is 1. The summed E-state index contributed by atoms with van der Waals surface area (Å²) in [5, 5.41) is 8.94. The first-order valence-electron chi connectivity index (χ1n) is 8.90. The Morgan fingerprint density at radius 2 is 2.08 bits per heavy atom. The SMILES string of the molecule is c1ccc2sc([C@H]3CCCN(Cc4csc(-c5ccsc5)n4)C3)nc2c1. The Kier molecular flexibility index (Phi) is 4.58. The van der Waals surface area contributed by atoms with E-state index in [0.717, 1.165) is 30.2 Å². The van der Waals surface area contributed by atoms with Crippen molar-refractivity contribution in [2.24, 2.45) is 0 Å². The second kappa shape index (κ2) is 7.19. The Hall–Kier alpha value is -1.60. The number of rotatable bonds is 4. The number of para-hydroxylation sites is 1. The largest absolute Gasteiger partial charge is 0.297 e. The summed E-state index contributed by atoms with van der Waals surface area (Å²) < 4.78 is 1.31. The number of hydrogen-bond donors (Lipinski definition) is 0. The molecular weight excluding hydrogens is 378 g/mol. The van der Waals surface area contributed by atoms with Crippen LogP contribution >= 0.6 is 34.0 Å². The molecule has 1 aromatic carbocycles. The minimum absolute atomic E-state index is 0.552. The molecule has 0 saturated carbocycles. The summed E-state index contributed by atoms with van der Waals surface area (Å²) in [6.07, 6.45) is 2.48. The maximum atomic E-state index is 4.90. The molecule has 1 saturated heterocycles. The van der Waals surface area contributed by atoms with Crippen LogP contribution in [0.15, 0.2) is 46.5 Å². The lowest BCUT2D eigenvalue weighted by molar-refractivity contribution is 0.198. The van der Waals surface area contributed by atoms with Crippen LogP contribution in [0.4, 0.5) is 0 Å². The third-order valence-corrected chi connectivity index (χ3v) is 7.69. The van der Waals surface area contributed by atoms with Gasteiger partial charge in [0.05, 0.1) is 20.9 Å². The van der Waals surface area contributed by atoms with Gasteiger partial charge < -0.3 is 0 Å². The summed E-state index contributed by atoms with van der Waals surface area (Å²) in [5.41, 5.74) is 3.59. The zero-order valence-electron chi connectivity index (χ0n) is 14.3.